The molecule has 0 radical (unpaired) electrons. The van der Waals surface area contributed by atoms with Crippen molar-refractivity contribution >= 4 is 6.09 Å². The summed E-state index contributed by atoms with van der Waals surface area (Å²) in [6.07, 6.45) is 2.59. The molecule has 5 heteroatoms. The molecule has 0 aromatic carbocycles. The molecule has 5 nitrogen and oxygen atoms in total. The van der Waals surface area contributed by atoms with E-state index in [0.29, 0.717) is 19.2 Å². The van der Waals surface area contributed by atoms with Gasteiger partial charge in [0.15, 0.2) is 0 Å². The lowest BCUT2D eigenvalue weighted by molar-refractivity contribution is -0.0338. The first-order valence-electron chi connectivity index (χ1n) is 5.97. The fourth-order valence-electron chi connectivity index (χ4n) is 2.46. The van der Waals surface area contributed by atoms with Gasteiger partial charge in [0, 0.05) is 26.2 Å². The second kappa shape index (κ2) is 5.01. The standard InChI is InChI=1S/C11H20N2O3/c1-12-5-2-10(8-12)16-9-3-6-13(7-4-9)11(14)15/h9-10H,2-8H2,1H3,(H,14,15). The van der Waals surface area contributed by atoms with Crippen molar-refractivity contribution in [2.75, 3.05) is 33.2 Å². The molecule has 2 heterocycles. The molecule has 2 fully saturated rings. The van der Waals surface area contributed by atoms with Crippen molar-refractivity contribution in [2.45, 2.75) is 31.5 Å². The van der Waals surface area contributed by atoms with Gasteiger partial charge in [-0.15, -0.1) is 0 Å². The predicted molar refractivity (Wildman–Crippen MR) is 59.6 cm³/mol. The Labute approximate surface area is 96.0 Å². The summed E-state index contributed by atoms with van der Waals surface area (Å²) in [5.41, 5.74) is 0. The van der Waals surface area contributed by atoms with E-state index in [2.05, 4.69) is 11.9 Å². The van der Waals surface area contributed by atoms with E-state index in [0.717, 1.165) is 32.4 Å². The number of hydrogen-bond donors (Lipinski definition) is 1. The third-order valence-electron chi connectivity index (χ3n) is 3.45. The van der Waals surface area contributed by atoms with Crippen LogP contribution in [0.5, 0.6) is 0 Å². The third-order valence-corrected chi connectivity index (χ3v) is 3.45. The Morgan fingerprint density at radius 2 is 1.81 bits per heavy atom. The van der Waals surface area contributed by atoms with Crippen LogP contribution in [0.15, 0.2) is 0 Å². The lowest BCUT2D eigenvalue weighted by Gasteiger charge is -2.31. The molecule has 0 saturated carbocycles. The highest BCUT2D eigenvalue weighted by Gasteiger charge is 2.27. The van der Waals surface area contributed by atoms with Crippen molar-refractivity contribution in [3.05, 3.63) is 0 Å². The quantitative estimate of drug-likeness (QED) is 0.761. The smallest absolute Gasteiger partial charge is 0.407 e. The zero-order valence-corrected chi connectivity index (χ0v) is 9.76. The summed E-state index contributed by atoms with van der Waals surface area (Å²) in [5, 5.41) is 8.82. The minimum absolute atomic E-state index is 0.257. The summed E-state index contributed by atoms with van der Waals surface area (Å²) >= 11 is 0. The zero-order chi connectivity index (χ0) is 11.5. The number of piperidine rings is 1. The van der Waals surface area contributed by atoms with Gasteiger partial charge >= 0.3 is 6.09 Å². The van der Waals surface area contributed by atoms with Gasteiger partial charge in [-0.3, -0.25) is 0 Å². The van der Waals surface area contributed by atoms with Crippen molar-refractivity contribution in [3.63, 3.8) is 0 Å². The third kappa shape index (κ3) is 2.86. The maximum Gasteiger partial charge on any atom is 0.407 e. The SMILES string of the molecule is CN1CCC(OC2CCN(C(=O)O)CC2)C1. The number of likely N-dealkylation sites (tertiary alicyclic amines) is 2. The molecule has 2 saturated heterocycles. The topological polar surface area (TPSA) is 53.0 Å². The first-order valence-corrected chi connectivity index (χ1v) is 5.97. The number of amides is 1. The molecule has 2 aliphatic rings. The lowest BCUT2D eigenvalue weighted by atomic mass is 10.1. The molecule has 0 aromatic rings. The Balaban J connectivity index is 1.71. The zero-order valence-electron chi connectivity index (χ0n) is 9.76. The van der Waals surface area contributed by atoms with Gasteiger partial charge in [-0.1, -0.05) is 0 Å². The van der Waals surface area contributed by atoms with E-state index in [1.807, 2.05) is 0 Å². The van der Waals surface area contributed by atoms with Crippen molar-refractivity contribution in [3.8, 4) is 0 Å². The highest BCUT2D eigenvalue weighted by molar-refractivity contribution is 5.64. The lowest BCUT2D eigenvalue weighted by Crippen LogP contribution is -2.41. The molecular weight excluding hydrogens is 208 g/mol. The van der Waals surface area contributed by atoms with Crippen LogP contribution in [0.4, 0.5) is 4.79 Å². The van der Waals surface area contributed by atoms with E-state index in [1.54, 1.807) is 0 Å². The Bertz CT molecular complexity index is 252. The van der Waals surface area contributed by atoms with Crippen LogP contribution in [-0.2, 0) is 4.74 Å². The monoisotopic (exact) mass is 228 g/mol. The molecule has 92 valence electrons. The average molecular weight is 228 g/mol. The fraction of sp³-hybridized carbons (Fsp3) is 0.909. The van der Waals surface area contributed by atoms with Gasteiger partial charge < -0.3 is 19.6 Å². The fourth-order valence-corrected chi connectivity index (χ4v) is 2.46. The molecule has 2 rings (SSSR count). The number of likely N-dealkylation sites (N-methyl/N-ethyl adjacent to an activating group) is 1. The predicted octanol–water partition coefficient (Wildman–Crippen LogP) is 0.850. The maximum absolute atomic E-state index is 10.7. The van der Waals surface area contributed by atoms with Crippen molar-refractivity contribution in [1.29, 1.82) is 0 Å². The summed E-state index contributed by atoms with van der Waals surface area (Å²) in [6.45, 7) is 3.35. The second-order valence-electron chi connectivity index (χ2n) is 4.78. The summed E-state index contributed by atoms with van der Waals surface area (Å²) in [5.74, 6) is 0. The van der Waals surface area contributed by atoms with Crippen molar-refractivity contribution < 1.29 is 14.6 Å². The van der Waals surface area contributed by atoms with Gasteiger partial charge in [0.1, 0.15) is 0 Å². The molecule has 1 amide bonds. The highest BCUT2D eigenvalue weighted by atomic mass is 16.5. The Morgan fingerprint density at radius 1 is 1.19 bits per heavy atom. The molecule has 2 aliphatic heterocycles. The summed E-state index contributed by atoms with van der Waals surface area (Å²) in [7, 11) is 2.11. The van der Waals surface area contributed by atoms with Gasteiger partial charge in [0.2, 0.25) is 0 Å². The van der Waals surface area contributed by atoms with Crippen LogP contribution in [-0.4, -0.2) is 66.4 Å². The van der Waals surface area contributed by atoms with E-state index in [1.165, 1.54) is 4.90 Å². The highest BCUT2D eigenvalue weighted by Crippen LogP contribution is 2.19. The second-order valence-corrected chi connectivity index (χ2v) is 4.78. The maximum atomic E-state index is 10.7. The van der Waals surface area contributed by atoms with Gasteiger partial charge in [0.25, 0.3) is 0 Å². The molecular formula is C11H20N2O3. The number of rotatable bonds is 2. The van der Waals surface area contributed by atoms with Crippen LogP contribution in [0.25, 0.3) is 0 Å². The largest absolute Gasteiger partial charge is 0.465 e. The van der Waals surface area contributed by atoms with Gasteiger partial charge in [-0.2, -0.15) is 0 Å². The van der Waals surface area contributed by atoms with Crippen LogP contribution in [0.3, 0.4) is 0 Å². The number of nitrogens with zero attached hydrogens (tertiary/aromatic N) is 2. The Morgan fingerprint density at radius 3 is 2.31 bits per heavy atom. The van der Waals surface area contributed by atoms with E-state index in [4.69, 9.17) is 9.84 Å². The van der Waals surface area contributed by atoms with Gasteiger partial charge in [0.05, 0.1) is 12.2 Å². The number of ether oxygens (including phenoxy) is 1. The molecule has 16 heavy (non-hydrogen) atoms. The van der Waals surface area contributed by atoms with Crippen LogP contribution in [0.1, 0.15) is 19.3 Å². The minimum atomic E-state index is -0.806. The van der Waals surface area contributed by atoms with E-state index in [9.17, 15) is 4.79 Å². The molecule has 0 aliphatic carbocycles. The Hall–Kier alpha value is -0.810. The molecule has 1 unspecified atom stereocenters. The van der Waals surface area contributed by atoms with Gasteiger partial charge in [-0.05, 0) is 26.3 Å². The average Bonchev–Trinajstić information content (AvgIpc) is 2.65. The van der Waals surface area contributed by atoms with Crippen molar-refractivity contribution in [2.24, 2.45) is 0 Å². The molecule has 0 spiro atoms. The van der Waals surface area contributed by atoms with Crippen LogP contribution >= 0.6 is 0 Å². The van der Waals surface area contributed by atoms with E-state index in [-0.39, 0.29) is 6.10 Å². The molecule has 1 atom stereocenters. The Kier molecular flexibility index (Phi) is 3.66. The van der Waals surface area contributed by atoms with Crippen LogP contribution < -0.4 is 0 Å². The first-order chi connectivity index (χ1) is 7.65. The number of carbonyl (C=O) groups is 1. The summed E-state index contributed by atoms with van der Waals surface area (Å²) < 4.78 is 5.99. The number of hydrogen-bond acceptors (Lipinski definition) is 3. The van der Waals surface area contributed by atoms with Crippen LogP contribution in [0.2, 0.25) is 0 Å². The summed E-state index contributed by atoms with van der Waals surface area (Å²) in [6, 6.07) is 0. The van der Waals surface area contributed by atoms with E-state index >= 15 is 0 Å². The van der Waals surface area contributed by atoms with Crippen LogP contribution in [0, 0.1) is 0 Å². The minimum Gasteiger partial charge on any atom is -0.465 e. The molecule has 1 N–H and O–H groups in total. The van der Waals surface area contributed by atoms with E-state index < -0.39 is 6.09 Å². The number of carboxylic acid groups (broad SMARTS) is 1. The summed E-state index contributed by atoms with van der Waals surface area (Å²) in [4.78, 5) is 14.5. The molecule has 0 bridgehead atoms. The first kappa shape index (κ1) is 11.7. The normalized spacial score (nSPS) is 28.6. The van der Waals surface area contributed by atoms with Gasteiger partial charge in [-0.25, -0.2) is 4.79 Å². The molecule has 0 aromatic heterocycles. The van der Waals surface area contributed by atoms with Crippen molar-refractivity contribution in [1.82, 2.24) is 9.80 Å².